The molecule has 3 aromatic rings. The van der Waals surface area contributed by atoms with Gasteiger partial charge in [0.1, 0.15) is 22.1 Å². The van der Waals surface area contributed by atoms with Gasteiger partial charge in [0, 0.05) is 17.8 Å². The van der Waals surface area contributed by atoms with E-state index in [1.54, 1.807) is 44.8 Å². The average molecular weight is 384 g/mol. The monoisotopic (exact) mass is 384 g/mol. The highest BCUT2D eigenvalue weighted by Crippen LogP contribution is 2.29. The molecule has 27 heavy (non-hydrogen) atoms. The van der Waals surface area contributed by atoms with Crippen LogP contribution in [0, 0.1) is 0 Å². The normalized spacial score (nSPS) is 11.5. The molecule has 3 rings (SSSR count). The molecule has 0 fully saturated rings. The molecule has 1 N–H and O–H groups in total. The number of methoxy groups -OCH3 is 3. The standard InChI is InChI=1S/C20H20N2O4S/c1-24-17-6-4-14(5-7-17)15-10-16(13-21-12-15)22-27(23)20-11-18(25-2)8-9-19(20)26-3/h4-13,22H,1-3H3. The zero-order chi connectivity index (χ0) is 19.2. The first-order valence-corrected chi connectivity index (χ1v) is 9.29. The van der Waals surface area contributed by atoms with Crippen LogP contribution in [0.25, 0.3) is 11.1 Å². The quantitative estimate of drug-likeness (QED) is 0.669. The van der Waals surface area contributed by atoms with Crippen LogP contribution in [-0.4, -0.2) is 30.5 Å². The summed E-state index contributed by atoms with van der Waals surface area (Å²) < 4.78 is 31.5. The third-order valence-electron chi connectivity index (χ3n) is 3.94. The Hall–Kier alpha value is -3.06. The van der Waals surface area contributed by atoms with Crippen LogP contribution in [0.3, 0.4) is 0 Å². The van der Waals surface area contributed by atoms with E-state index >= 15 is 0 Å². The van der Waals surface area contributed by atoms with Crippen molar-refractivity contribution < 1.29 is 18.4 Å². The van der Waals surface area contributed by atoms with Crippen LogP contribution in [0.2, 0.25) is 0 Å². The number of nitrogens with zero attached hydrogens (tertiary/aromatic N) is 1. The Balaban J connectivity index is 1.84. The first kappa shape index (κ1) is 18.7. The maximum Gasteiger partial charge on any atom is 0.154 e. The molecule has 1 aromatic heterocycles. The van der Waals surface area contributed by atoms with Crippen LogP contribution >= 0.6 is 0 Å². The average Bonchev–Trinajstić information content (AvgIpc) is 2.73. The van der Waals surface area contributed by atoms with Crippen molar-refractivity contribution in [2.24, 2.45) is 0 Å². The molecule has 0 aliphatic carbocycles. The van der Waals surface area contributed by atoms with E-state index in [4.69, 9.17) is 14.2 Å². The van der Waals surface area contributed by atoms with Gasteiger partial charge in [-0.3, -0.25) is 9.71 Å². The molecule has 1 atom stereocenters. The summed E-state index contributed by atoms with van der Waals surface area (Å²) in [6, 6.07) is 14.7. The molecule has 0 bridgehead atoms. The minimum absolute atomic E-state index is 0.492. The first-order valence-electron chi connectivity index (χ1n) is 8.14. The Morgan fingerprint density at radius 1 is 0.815 bits per heavy atom. The van der Waals surface area contributed by atoms with Gasteiger partial charge >= 0.3 is 0 Å². The Morgan fingerprint density at radius 2 is 1.52 bits per heavy atom. The lowest BCUT2D eigenvalue weighted by molar-refractivity contribution is 0.393. The van der Waals surface area contributed by atoms with E-state index in [0.29, 0.717) is 22.1 Å². The second kappa shape index (κ2) is 8.55. The van der Waals surface area contributed by atoms with Crippen LogP contribution in [0.1, 0.15) is 0 Å². The predicted molar refractivity (Wildman–Crippen MR) is 106 cm³/mol. The highest BCUT2D eigenvalue weighted by molar-refractivity contribution is 7.86. The van der Waals surface area contributed by atoms with Crippen LogP contribution in [0.15, 0.2) is 65.8 Å². The molecule has 0 amide bonds. The molecular weight excluding hydrogens is 364 g/mol. The third-order valence-corrected chi connectivity index (χ3v) is 5.08. The molecule has 1 unspecified atom stereocenters. The van der Waals surface area contributed by atoms with Crippen molar-refractivity contribution in [3.8, 4) is 28.4 Å². The van der Waals surface area contributed by atoms with Gasteiger partial charge in [-0.25, -0.2) is 4.21 Å². The summed E-state index contributed by atoms with van der Waals surface area (Å²) in [6.45, 7) is 0. The van der Waals surface area contributed by atoms with Gasteiger partial charge in [-0.1, -0.05) is 12.1 Å². The van der Waals surface area contributed by atoms with E-state index < -0.39 is 11.0 Å². The topological polar surface area (TPSA) is 69.7 Å². The molecule has 7 heteroatoms. The fourth-order valence-electron chi connectivity index (χ4n) is 2.53. The number of aromatic nitrogens is 1. The zero-order valence-corrected chi connectivity index (χ0v) is 16.1. The summed E-state index contributed by atoms with van der Waals surface area (Å²) >= 11 is 0. The second-order valence-corrected chi connectivity index (χ2v) is 6.76. The maximum absolute atomic E-state index is 12.8. The van der Waals surface area contributed by atoms with Crippen LogP contribution in [-0.2, 0) is 11.0 Å². The molecule has 2 aromatic carbocycles. The van der Waals surface area contributed by atoms with Gasteiger partial charge in [-0.15, -0.1) is 0 Å². The number of pyridine rings is 1. The summed E-state index contributed by atoms with van der Waals surface area (Å²) in [7, 11) is 3.18. The highest BCUT2D eigenvalue weighted by Gasteiger charge is 2.13. The third kappa shape index (κ3) is 4.38. The van der Waals surface area contributed by atoms with E-state index in [0.717, 1.165) is 16.9 Å². The number of hydrogen-bond donors (Lipinski definition) is 1. The molecule has 0 saturated carbocycles. The van der Waals surface area contributed by atoms with Gasteiger partial charge in [0.2, 0.25) is 0 Å². The number of ether oxygens (including phenoxy) is 3. The molecule has 1 heterocycles. The molecular formula is C20H20N2O4S. The number of hydrogen-bond acceptors (Lipinski definition) is 5. The molecule has 0 aliphatic rings. The van der Waals surface area contributed by atoms with Crippen molar-refractivity contribution in [2.45, 2.75) is 4.90 Å². The van der Waals surface area contributed by atoms with Gasteiger partial charge in [-0.2, -0.15) is 0 Å². The van der Waals surface area contributed by atoms with Gasteiger partial charge in [0.05, 0.1) is 33.2 Å². The Kier molecular flexibility index (Phi) is 5.93. The van der Waals surface area contributed by atoms with Crippen molar-refractivity contribution in [1.82, 2.24) is 4.98 Å². The van der Waals surface area contributed by atoms with Crippen molar-refractivity contribution in [1.29, 1.82) is 0 Å². The summed E-state index contributed by atoms with van der Waals surface area (Å²) in [5.41, 5.74) is 2.51. The van der Waals surface area contributed by atoms with Gasteiger partial charge in [0.15, 0.2) is 11.0 Å². The maximum atomic E-state index is 12.8. The number of rotatable bonds is 7. The predicted octanol–water partition coefficient (Wildman–Crippen LogP) is 3.91. The Labute approximate surface area is 160 Å². The number of nitrogens with one attached hydrogen (secondary N) is 1. The molecule has 0 radical (unpaired) electrons. The van der Waals surface area contributed by atoms with Gasteiger partial charge in [0.25, 0.3) is 0 Å². The van der Waals surface area contributed by atoms with Crippen LogP contribution < -0.4 is 18.9 Å². The summed E-state index contributed by atoms with van der Waals surface area (Å²) in [6.07, 6.45) is 3.37. The summed E-state index contributed by atoms with van der Waals surface area (Å²) in [4.78, 5) is 4.73. The Morgan fingerprint density at radius 3 is 2.19 bits per heavy atom. The zero-order valence-electron chi connectivity index (χ0n) is 15.3. The van der Waals surface area contributed by atoms with Crippen molar-refractivity contribution in [2.75, 3.05) is 26.1 Å². The van der Waals surface area contributed by atoms with Crippen LogP contribution in [0.5, 0.6) is 17.2 Å². The van der Waals surface area contributed by atoms with Gasteiger partial charge < -0.3 is 14.2 Å². The largest absolute Gasteiger partial charge is 0.497 e. The van der Waals surface area contributed by atoms with E-state index in [2.05, 4.69) is 9.71 Å². The van der Waals surface area contributed by atoms with Crippen molar-refractivity contribution in [3.63, 3.8) is 0 Å². The lowest BCUT2D eigenvalue weighted by atomic mass is 10.1. The molecule has 0 spiro atoms. The fraction of sp³-hybridized carbons (Fsp3) is 0.150. The molecule has 6 nitrogen and oxygen atoms in total. The van der Waals surface area contributed by atoms with E-state index in [9.17, 15) is 4.21 Å². The summed E-state index contributed by atoms with van der Waals surface area (Å²) in [5, 5.41) is 0. The summed E-state index contributed by atoms with van der Waals surface area (Å²) in [5.74, 6) is 1.90. The Bertz CT molecular complexity index is 945. The minimum Gasteiger partial charge on any atom is -0.497 e. The van der Waals surface area contributed by atoms with E-state index in [-0.39, 0.29) is 0 Å². The number of anilines is 1. The van der Waals surface area contributed by atoms with E-state index in [1.165, 1.54) is 7.11 Å². The SMILES string of the molecule is COc1ccc(-c2cncc(NS(=O)c3cc(OC)ccc3OC)c2)cc1. The van der Waals surface area contributed by atoms with Gasteiger partial charge in [-0.05, 0) is 35.9 Å². The highest BCUT2D eigenvalue weighted by atomic mass is 32.2. The first-order chi connectivity index (χ1) is 13.1. The smallest absolute Gasteiger partial charge is 0.154 e. The second-order valence-electron chi connectivity index (χ2n) is 5.58. The molecule has 0 aliphatic heterocycles. The lowest BCUT2D eigenvalue weighted by Crippen LogP contribution is -2.07. The van der Waals surface area contributed by atoms with Crippen molar-refractivity contribution in [3.05, 3.63) is 60.9 Å². The van der Waals surface area contributed by atoms with Crippen LogP contribution in [0.4, 0.5) is 5.69 Å². The van der Waals surface area contributed by atoms with Crippen molar-refractivity contribution >= 4 is 16.7 Å². The minimum atomic E-state index is -1.54. The molecule has 140 valence electrons. The number of benzene rings is 2. The molecule has 0 saturated heterocycles. The fourth-order valence-corrected chi connectivity index (χ4v) is 3.52. The van der Waals surface area contributed by atoms with E-state index in [1.807, 2.05) is 30.3 Å². The lowest BCUT2D eigenvalue weighted by Gasteiger charge is -2.12.